The lowest BCUT2D eigenvalue weighted by Crippen LogP contribution is -2.58. The number of carbonyl (C=O) groups excluding carboxylic acids is 4. The Morgan fingerprint density at radius 1 is 0.946 bits per heavy atom. The van der Waals surface area contributed by atoms with Gasteiger partial charge in [0.15, 0.2) is 9.84 Å². The molecule has 0 radical (unpaired) electrons. The van der Waals surface area contributed by atoms with Crippen molar-refractivity contribution in [3.05, 3.63) is 29.8 Å². The zero-order valence-electron chi connectivity index (χ0n) is 21.3. The number of carbonyl (C=O) groups is 4. The summed E-state index contributed by atoms with van der Waals surface area (Å²) >= 11 is 0. The molecular formula is C24H32F3N3O6S. The van der Waals surface area contributed by atoms with Gasteiger partial charge in [-0.1, -0.05) is 27.7 Å². The summed E-state index contributed by atoms with van der Waals surface area (Å²) in [7, 11) is -3.46. The Kier molecular flexibility index (Phi) is 9.50. The topological polar surface area (TPSA) is 130 Å². The molecule has 13 heteroatoms. The van der Waals surface area contributed by atoms with Crippen LogP contribution in [-0.4, -0.2) is 73.9 Å². The van der Waals surface area contributed by atoms with E-state index in [1.165, 1.54) is 43.0 Å². The lowest BCUT2D eigenvalue weighted by molar-refractivity contribution is -0.175. The molecule has 0 spiro atoms. The van der Waals surface area contributed by atoms with Crippen LogP contribution in [-0.2, 0) is 24.2 Å². The molecule has 206 valence electrons. The summed E-state index contributed by atoms with van der Waals surface area (Å²) in [5.74, 6) is -5.40. The van der Waals surface area contributed by atoms with Crippen LogP contribution in [0, 0.1) is 11.8 Å². The Morgan fingerprint density at radius 2 is 1.49 bits per heavy atom. The first-order valence-electron chi connectivity index (χ1n) is 11.8. The molecule has 9 nitrogen and oxygen atoms in total. The SMILES string of the molecule is CC(C)C(NC(=O)[C@@H]1CCCN1C(=O)[C@@H](NC(=O)c1ccc(S(C)(=O)=O)cc1)C(C)C)C(=O)C(F)(F)F. The number of Topliss-reactive ketones (excluding diaryl/α,β-unsaturated/α-hetero) is 1. The van der Waals surface area contributed by atoms with Gasteiger partial charge in [-0.15, -0.1) is 0 Å². The van der Waals surface area contributed by atoms with E-state index >= 15 is 0 Å². The Labute approximate surface area is 214 Å². The fourth-order valence-corrected chi connectivity index (χ4v) is 4.66. The van der Waals surface area contributed by atoms with Crippen LogP contribution in [0.1, 0.15) is 50.9 Å². The third-order valence-electron chi connectivity index (χ3n) is 6.13. The highest BCUT2D eigenvalue weighted by atomic mass is 32.2. The molecule has 3 atom stereocenters. The van der Waals surface area contributed by atoms with Gasteiger partial charge in [0.25, 0.3) is 11.7 Å². The Hall–Kier alpha value is -2.96. The predicted octanol–water partition coefficient (Wildman–Crippen LogP) is 2.11. The quantitative estimate of drug-likeness (QED) is 0.487. The molecule has 1 unspecified atom stereocenters. The number of nitrogens with zero attached hydrogens (tertiary/aromatic N) is 1. The molecule has 1 aliphatic rings. The van der Waals surface area contributed by atoms with E-state index in [1.54, 1.807) is 13.8 Å². The number of likely N-dealkylation sites (tertiary alicyclic amines) is 1. The van der Waals surface area contributed by atoms with Crippen LogP contribution >= 0.6 is 0 Å². The van der Waals surface area contributed by atoms with Gasteiger partial charge in [0.05, 0.1) is 10.9 Å². The summed E-state index contributed by atoms with van der Waals surface area (Å²) in [4.78, 5) is 52.1. The molecule has 0 aliphatic carbocycles. The Balaban J connectivity index is 2.19. The number of benzene rings is 1. The predicted molar refractivity (Wildman–Crippen MR) is 128 cm³/mol. The van der Waals surface area contributed by atoms with Crippen LogP contribution in [0.2, 0.25) is 0 Å². The number of sulfone groups is 1. The molecule has 2 N–H and O–H groups in total. The number of hydrogen-bond donors (Lipinski definition) is 2. The van der Waals surface area contributed by atoms with Gasteiger partial charge in [0.2, 0.25) is 11.8 Å². The maximum absolute atomic E-state index is 13.4. The van der Waals surface area contributed by atoms with Gasteiger partial charge >= 0.3 is 6.18 Å². The lowest BCUT2D eigenvalue weighted by atomic mass is 9.98. The molecule has 1 fully saturated rings. The minimum absolute atomic E-state index is 0.0233. The van der Waals surface area contributed by atoms with E-state index in [2.05, 4.69) is 10.6 Å². The fraction of sp³-hybridized carbons (Fsp3) is 0.583. The first kappa shape index (κ1) is 30.3. The molecule has 0 aromatic heterocycles. The summed E-state index contributed by atoms with van der Waals surface area (Å²) in [5.41, 5.74) is 0.118. The van der Waals surface area contributed by atoms with Gasteiger partial charge in [0.1, 0.15) is 12.1 Å². The zero-order valence-corrected chi connectivity index (χ0v) is 22.1. The summed E-state index contributed by atoms with van der Waals surface area (Å²) in [6.45, 7) is 6.26. The van der Waals surface area contributed by atoms with Crippen LogP contribution in [0.3, 0.4) is 0 Å². The van der Waals surface area contributed by atoms with Gasteiger partial charge in [-0.05, 0) is 48.9 Å². The molecule has 1 saturated heterocycles. The first-order chi connectivity index (χ1) is 16.9. The highest BCUT2D eigenvalue weighted by Gasteiger charge is 2.46. The number of nitrogens with one attached hydrogen (secondary N) is 2. The Bertz CT molecular complexity index is 1130. The molecule has 1 aromatic rings. The molecule has 2 rings (SSSR count). The summed E-state index contributed by atoms with van der Waals surface area (Å²) in [6, 6.07) is 1.21. The lowest BCUT2D eigenvalue weighted by Gasteiger charge is -2.32. The summed E-state index contributed by atoms with van der Waals surface area (Å²) < 4.78 is 62.3. The van der Waals surface area contributed by atoms with Crippen molar-refractivity contribution in [2.75, 3.05) is 12.8 Å². The van der Waals surface area contributed by atoms with Crippen LogP contribution < -0.4 is 10.6 Å². The van der Waals surface area contributed by atoms with Crippen molar-refractivity contribution in [3.63, 3.8) is 0 Å². The fourth-order valence-electron chi connectivity index (χ4n) is 4.03. The molecular weight excluding hydrogens is 515 g/mol. The van der Waals surface area contributed by atoms with E-state index in [0.29, 0.717) is 6.42 Å². The van der Waals surface area contributed by atoms with Crippen molar-refractivity contribution in [1.29, 1.82) is 0 Å². The van der Waals surface area contributed by atoms with Crippen LogP contribution in [0.5, 0.6) is 0 Å². The van der Waals surface area contributed by atoms with E-state index in [4.69, 9.17) is 0 Å². The molecule has 1 aliphatic heterocycles. The largest absolute Gasteiger partial charge is 0.452 e. The van der Waals surface area contributed by atoms with Gasteiger partial charge in [0, 0.05) is 18.4 Å². The summed E-state index contributed by atoms with van der Waals surface area (Å²) in [6.07, 6.45) is -3.50. The van der Waals surface area contributed by atoms with E-state index in [1.807, 2.05) is 0 Å². The second kappa shape index (κ2) is 11.6. The number of halogens is 3. The second-order valence-corrected chi connectivity index (χ2v) is 11.8. The van der Waals surface area contributed by atoms with Crippen LogP contribution in [0.4, 0.5) is 13.2 Å². The maximum Gasteiger partial charge on any atom is 0.452 e. The zero-order chi connectivity index (χ0) is 28.3. The van der Waals surface area contributed by atoms with E-state index in [9.17, 15) is 40.8 Å². The number of alkyl halides is 3. The van der Waals surface area contributed by atoms with Gasteiger partial charge in [-0.25, -0.2) is 8.42 Å². The third-order valence-corrected chi connectivity index (χ3v) is 7.26. The summed E-state index contributed by atoms with van der Waals surface area (Å²) in [5, 5.41) is 4.77. The molecule has 0 saturated carbocycles. The van der Waals surface area contributed by atoms with Crippen LogP contribution in [0.15, 0.2) is 29.2 Å². The smallest absolute Gasteiger partial charge is 0.344 e. The molecule has 0 bridgehead atoms. The average Bonchev–Trinajstić information content (AvgIpc) is 3.28. The molecule has 1 aromatic carbocycles. The standard InChI is InChI=1S/C24H32F3N3O6S/c1-13(2)18(20(31)24(25,26)27)28-22(33)17-7-6-12-30(17)23(34)19(14(3)4)29-21(32)15-8-10-16(11-9-15)37(5,35)36/h8-11,13-14,17-19H,6-7,12H2,1-5H3,(H,28,33)(H,29,32)/t17-,18?,19-/m0/s1. The number of rotatable bonds is 9. The molecule has 1 heterocycles. The first-order valence-corrected chi connectivity index (χ1v) is 13.7. The normalized spacial score (nSPS) is 18.0. The van der Waals surface area contributed by atoms with Gasteiger partial charge < -0.3 is 15.5 Å². The maximum atomic E-state index is 13.4. The average molecular weight is 548 g/mol. The Morgan fingerprint density at radius 3 is 1.95 bits per heavy atom. The van der Waals surface area contributed by atoms with Crippen molar-refractivity contribution in [3.8, 4) is 0 Å². The minimum atomic E-state index is -5.13. The van der Waals surface area contributed by atoms with Crippen molar-refractivity contribution in [1.82, 2.24) is 15.5 Å². The van der Waals surface area contributed by atoms with E-state index in [0.717, 1.165) is 6.26 Å². The monoisotopic (exact) mass is 547 g/mol. The van der Waals surface area contributed by atoms with Crippen molar-refractivity contribution < 1.29 is 40.8 Å². The van der Waals surface area contributed by atoms with Gasteiger partial charge in [-0.2, -0.15) is 13.2 Å². The van der Waals surface area contributed by atoms with E-state index < -0.39 is 69.5 Å². The van der Waals surface area contributed by atoms with E-state index in [-0.39, 0.29) is 23.4 Å². The van der Waals surface area contributed by atoms with Crippen molar-refractivity contribution in [2.45, 2.75) is 69.7 Å². The van der Waals surface area contributed by atoms with Crippen molar-refractivity contribution >= 4 is 33.3 Å². The number of ketones is 1. The number of hydrogen-bond acceptors (Lipinski definition) is 6. The van der Waals surface area contributed by atoms with Crippen LogP contribution in [0.25, 0.3) is 0 Å². The second-order valence-electron chi connectivity index (χ2n) is 9.77. The highest BCUT2D eigenvalue weighted by Crippen LogP contribution is 2.24. The number of amides is 3. The van der Waals surface area contributed by atoms with Gasteiger partial charge in [-0.3, -0.25) is 19.2 Å². The third kappa shape index (κ3) is 7.53. The molecule has 3 amide bonds. The minimum Gasteiger partial charge on any atom is -0.344 e. The van der Waals surface area contributed by atoms with Crippen molar-refractivity contribution in [2.24, 2.45) is 11.8 Å². The highest BCUT2D eigenvalue weighted by molar-refractivity contribution is 7.90. The molecule has 37 heavy (non-hydrogen) atoms.